The van der Waals surface area contributed by atoms with E-state index in [-0.39, 0.29) is 57.1 Å². The fourth-order valence-electron chi connectivity index (χ4n) is 10.3. The number of ether oxygens (including phenoxy) is 4. The zero-order valence-corrected chi connectivity index (χ0v) is 36.5. The molecule has 1 fully saturated rings. The number of carbonyl (C=O) groups is 1. The van der Waals surface area contributed by atoms with Gasteiger partial charge in [0.25, 0.3) is 0 Å². The average molecular weight is 853 g/mol. The van der Waals surface area contributed by atoms with Gasteiger partial charge in [0.15, 0.2) is 0 Å². The van der Waals surface area contributed by atoms with Gasteiger partial charge in [0.1, 0.15) is 29.9 Å². The first-order valence-electron chi connectivity index (χ1n) is 22.7. The molecule has 0 unspecified atom stereocenters. The molecule has 0 aromatic heterocycles. The fraction of sp³-hybridized carbons (Fsp3) is 0.396. The van der Waals surface area contributed by atoms with Crippen LogP contribution >= 0.6 is 0 Å². The third kappa shape index (κ3) is 9.08. The van der Waals surface area contributed by atoms with E-state index in [9.17, 15) is 15.0 Å². The van der Waals surface area contributed by atoms with Crippen LogP contribution in [-0.4, -0.2) is 71.8 Å². The lowest BCUT2D eigenvalue weighted by molar-refractivity contribution is -0.256. The van der Waals surface area contributed by atoms with Crippen molar-refractivity contribution in [1.29, 1.82) is 0 Å². The lowest BCUT2D eigenvalue weighted by atomic mass is 9.55. The summed E-state index contributed by atoms with van der Waals surface area (Å²) < 4.78 is 27.2. The van der Waals surface area contributed by atoms with Crippen LogP contribution in [0, 0.1) is 17.8 Å². The smallest absolute Gasteiger partial charge is 0.410 e. The van der Waals surface area contributed by atoms with Crippen LogP contribution in [0.4, 0.5) is 4.79 Å². The third-order valence-electron chi connectivity index (χ3n) is 13.0. The summed E-state index contributed by atoms with van der Waals surface area (Å²) in [6.45, 7) is 8.95. The van der Waals surface area contributed by atoms with Gasteiger partial charge in [-0.25, -0.2) is 4.79 Å². The van der Waals surface area contributed by atoms with Crippen molar-refractivity contribution in [3.05, 3.63) is 139 Å². The standard InChI is InChI=1S/C53H60N2O8/c1-4-30-60-53-49(55(52(58)59-5-2)35-40-21-15-20-37-17-9-10-22-43(37)40)34-47(54-61-6-3)45-32-39(19-11-13-28-56)44(23-12-14-29-57)50(51(45)53)46-33-42(26-27-48(46)63-53)62-41-25-24-36-16-7-8-18-38(36)31-41/h4,7-10,15-18,20-22,24-27,31-33,39,44,49-51,56-57H,1,5-6,11-14,19,23,28-30,34-35H2,2-3H3/t39-,44+,49-,50+,51+,53+/m0/s1. The summed E-state index contributed by atoms with van der Waals surface area (Å²) in [6.07, 6.45) is 8.55. The summed E-state index contributed by atoms with van der Waals surface area (Å²) in [7, 11) is 0. The van der Waals surface area contributed by atoms with Crippen molar-refractivity contribution in [1.82, 2.24) is 4.90 Å². The van der Waals surface area contributed by atoms with Crippen LogP contribution in [0.15, 0.2) is 133 Å². The van der Waals surface area contributed by atoms with Crippen LogP contribution in [0.2, 0.25) is 0 Å². The summed E-state index contributed by atoms with van der Waals surface area (Å²) in [4.78, 5) is 22.4. The number of fused-ring (bicyclic) bond motifs is 4. The molecule has 8 rings (SSSR count). The number of aliphatic hydroxyl groups is 2. The van der Waals surface area contributed by atoms with Gasteiger partial charge in [0, 0.05) is 31.1 Å². The van der Waals surface area contributed by atoms with E-state index in [0.717, 1.165) is 75.4 Å². The fourth-order valence-corrected chi connectivity index (χ4v) is 10.3. The summed E-state index contributed by atoms with van der Waals surface area (Å²) in [6, 6.07) is 34.0. The average Bonchev–Trinajstić information content (AvgIpc) is 3.30. The largest absolute Gasteiger partial charge is 0.459 e. The van der Waals surface area contributed by atoms with E-state index in [1.54, 1.807) is 11.0 Å². The number of hydrogen-bond donors (Lipinski definition) is 2. The predicted molar refractivity (Wildman–Crippen MR) is 247 cm³/mol. The number of oxime groups is 1. The molecule has 5 aromatic rings. The van der Waals surface area contributed by atoms with Crippen molar-refractivity contribution in [2.24, 2.45) is 22.9 Å². The highest BCUT2D eigenvalue weighted by Gasteiger charge is 2.65. The van der Waals surface area contributed by atoms with Gasteiger partial charge < -0.3 is 34.0 Å². The highest BCUT2D eigenvalue weighted by Crippen LogP contribution is 2.62. The maximum atomic E-state index is 14.6. The van der Waals surface area contributed by atoms with Gasteiger partial charge in [-0.15, -0.1) is 6.58 Å². The SMILES string of the molecule is C=CCO[C@@]12Oc3ccc(Oc4ccc5ccccc5c4)cc3[C@H]3[C@H](CCCCO)[C@@H](CCCCO)C=C(C(=NOCC)C[C@@H]1N(Cc1cccc4ccccc14)C(=O)OCC)[C@H]32. The summed E-state index contributed by atoms with van der Waals surface area (Å²) in [5.41, 5.74) is 3.65. The highest BCUT2D eigenvalue weighted by atomic mass is 16.7. The van der Waals surface area contributed by atoms with Crippen LogP contribution < -0.4 is 9.47 Å². The number of nitrogens with zero attached hydrogens (tertiary/aromatic N) is 2. The van der Waals surface area contributed by atoms with E-state index in [4.69, 9.17) is 28.9 Å². The Morgan fingerprint density at radius 2 is 1.59 bits per heavy atom. The molecule has 5 aromatic carbocycles. The third-order valence-corrected chi connectivity index (χ3v) is 13.0. The lowest BCUT2D eigenvalue weighted by Gasteiger charge is -2.59. The Kier molecular flexibility index (Phi) is 14.1. The summed E-state index contributed by atoms with van der Waals surface area (Å²) >= 11 is 0. The van der Waals surface area contributed by atoms with Crippen molar-refractivity contribution in [2.45, 2.75) is 83.1 Å². The maximum absolute atomic E-state index is 14.6. The first kappa shape index (κ1) is 43.9. The van der Waals surface area contributed by atoms with E-state index in [1.807, 2.05) is 62.4 Å². The first-order chi connectivity index (χ1) is 30.9. The predicted octanol–water partition coefficient (Wildman–Crippen LogP) is 11.1. The van der Waals surface area contributed by atoms with Gasteiger partial charge in [-0.05, 0) is 114 Å². The molecule has 1 aliphatic heterocycles. The molecule has 1 amide bonds. The van der Waals surface area contributed by atoms with Gasteiger partial charge in [-0.2, -0.15) is 0 Å². The normalized spacial score (nSPS) is 23.0. The molecule has 63 heavy (non-hydrogen) atoms. The molecule has 2 aliphatic carbocycles. The maximum Gasteiger partial charge on any atom is 0.410 e. The van der Waals surface area contributed by atoms with Crippen LogP contribution in [-0.2, 0) is 20.9 Å². The zero-order chi connectivity index (χ0) is 43.8. The number of hydrogen-bond acceptors (Lipinski definition) is 9. The van der Waals surface area contributed by atoms with Crippen LogP contribution in [0.5, 0.6) is 17.2 Å². The molecule has 0 radical (unpaired) electrons. The number of unbranched alkanes of at least 4 members (excludes halogenated alkanes) is 2. The van der Waals surface area contributed by atoms with Crippen molar-refractivity contribution >= 4 is 33.3 Å². The Bertz CT molecular complexity index is 2440. The van der Waals surface area contributed by atoms with E-state index >= 15 is 0 Å². The first-order valence-corrected chi connectivity index (χ1v) is 22.7. The van der Waals surface area contributed by atoms with Crippen LogP contribution in [0.3, 0.4) is 0 Å². The monoisotopic (exact) mass is 852 g/mol. The Labute approximate surface area is 370 Å². The molecule has 0 saturated heterocycles. The van der Waals surface area contributed by atoms with Crippen molar-refractivity contribution < 1.29 is 38.8 Å². The highest BCUT2D eigenvalue weighted by molar-refractivity contribution is 6.03. The number of benzene rings is 5. The molecule has 3 aliphatic rings. The molecular weight excluding hydrogens is 793 g/mol. The molecule has 1 saturated carbocycles. The van der Waals surface area contributed by atoms with Gasteiger partial charge in [-0.3, -0.25) is 4.90 Å². The van der Waals surface area contributed by atoms with Gasteiger partial charge >= 0.3 is 6.09 Å². The molecule has 10 nitrogen and oxygen atoms in total. The van der Waals surface area contributed by atoms with Crippen LogP contribution in [0.25, 0.3) is 21.5 Å². The molecule has 0 spiro atoms. The van der Waals surface area contributed by atoms with E-state index in [1.165, 1.54) is 0 Å². The van der Waals surface area contributed by atoms with E-state index < -0.39 is 23.8 Å². The van der Waals surface area contributed by atoms with Crippen molar-refractivity contribution in [3.63, 3.8) is 0 Å². The molecule has 330 valence electrons. The van der Waals surface area contributed by atoms with Crippen molar-refractivity contribution in [3.8, 4) is 17.2 Å². The minimum absolute atomic E-state index is 0.0653. The van der Waals surface area contributed by atoms with Gasteiger partial charge in [0.05, 0.1) is 31.4 Å². The molecule has 10 heteroatoms. The van der Waals surface area contributed by atoms with Crippen LogP contribution in [0.1, 0.15) is 75.8 Å². The zero-order valence-electron chi connectivity index (χ0n) is 36.5. The molecule has 0 bridgehead atoms. The van der Waals surface area contributed by atoms with Gasteiger partial charge in [0.2, 0.25) is 5.79 Å². The minimum Gasteiger partial charge on any atom is -0.459 e. The molecule has 6 atom stereocenters. The second-order valence-electron chi connectivity index (χ2n) is 16.8. The lowest BCUT2D eigenvalue weighted by Crippen LogP contribution is -2.70. The van der Waals surface area contributed by atoms with Gasteiger partial charge in [-0.1, -0.05) is 103 Å². The molecule has 1 heterocycles. The second kappa shape index (κ2) is 20.2. The summed E-state index contributed by atoms with van der Waals surface area (Å²) in [5, 5.41) is 29.1. The molecule has 2 N–H and O–H groups in total. The molecular formula is C53H60N2O8. The minimum atomic E-state index is -1.42. The quantitative estimate of drug-likeness (QED) is 0.0479. The Morgan fingerprint density at radius 3 is 2.37 bits per heavy atom. The second-order valence-corrected chi connectivity index (χ2v) is 16.8. The number of rotatable bonds is 19. The number of amides is 1. The Balaban J connectivity index is 1.33. The summed E-state index contributed by atoms with van der Waals surface area (Å²) in [5.74, 6) is 0.125. The number of aliphatic hydroxyl groups excluding tert-OH is 2. The van der Waals surface area contributed by atoms with E-state index in [0.29, 0.717) is 30.9 Å². The van der Waals surface area contributed by atoms with Crippen molar-refractivity contribution in [2.75, 3.05) is 33.0 Å². The Hall–Kier alpha value is -5.68. The topological polar surface area (TPSA) is 119 Å². The Morgan fingerprint density at radius 1 is 0.857 bits per heavy atom. The van der Waals surface area contributed by atoms with E-state index in [2.05, 4.69) is 67.3 Å². The number of allylic oxidation sites excluding steroid dienone is 1. The number of carbonyl (C=O) groups excluding carboxylic acids is 1.